The van der Waals surface area contributed by atoms with Crippen LogP contribution in [-0.4, -0.2) is 0 Å². The van der Waals surface area contributed by atoms with Crippen molar-refractivity contribution in [2.45, 2.75) is 26.2 Å². The molecule has 0 spiro atoms. The van der Waals surface area contributed by atoms with Crippen LogP contribution in [0.4, 0.5) is 0 Å². The Hall–Kier alpha value is -1.04. The van der Waals surface area contributed by atoms with Gasteiger partial charge in [0, 0.05) is 0 Å². The molecule has 1 aromatic rings. The molecule has 1 radical (unpaired) electrons. The van der Waals surface area contributed by atoms with Gasteiger partial charge in [-0.15, -0.1) is 0 Å². The second-order valence-electron chi connectivity index (χ2n) is 3.34. The summed E-state index contributed by atoms with van der Waals surface area (Å²) in [5.74, 6) is 0.612. The summed E-state index contributed by atoms with van der Waals surface area (Å²) in [5, 5.41) is 0. The van der Waals surface area contributed by atoms with Gasteiger partial charge in [-0.05, 0) is 23.5 Å². The van der Waals surface area contributed by atoms with Crippen LogP contribution in [0.15, 0.2) is 30.3 Å². The summed E-state index contributed by atoms with van der Waals surface area (Å²) in [6.07, 6.45) is 2.54. The number of allylic oxidation sites excluding steroid dienone is 1. The average molecular weight is 159 g/mol. The molecule has 12 heavy (non-hydrogen) atoms. The Bertz CT molecular complexity index is 241. The fraction of sp³-hybridized carbons (Fsp3) is 0.333. The van der Waals surface area contributed by atoms with Crippen molar-refractivity contribution in [2.24, 2.45) is 0 Å². The van der Waals surface area contributed by atoms with Crippen molar-refractivity contribution in [3.05, 3.63) is 48.0 Å². The van der Waals surface area contributed by atoms with Crippen molar-refractivity contribution >= 4 is 0 Å². The summed E-state index contributed by atoms with van der Waals surface area (Å²) in [6.45, 7) is 9.73. The summed E-state index contributed by atoms with van der Waals surface area (Å²) in [7, 11) is 0. The number of hydrogen-bond acceptors (Lipinski definition) is 0. The average Bonchev–Trinajstić information content (AvgIpc) is 2.06. The van der Waals surface area contributed by atoms with Gasteiger partial charge in [-0.2, -0.15) is 0 Å². The monoisotopic (exact) mass is 159 g/mol. The lowest BCUT2D eigenvalue weighted by molar-refractivity contribution is 0.865. The van der Waals surface area contributed by atoms with E-state index >= 15 is 0 Å². The lowest BCUT2D eigenvalue weighted by atomic mass is 10.0. The van der Waals surface area contributed by atoms with E-state index in [1.165, 1.54) is 11.1 Å². The molecule has 0 unspecified atom stereocenters. The summed E-state index contributed by atoms with van der Waals surface area (Å²) < 4.78 is 0. The van der Waals surface area contributed by atoms with Crippen molar-refractivity contribution in [3.8, 4) is 0 Å². The second kappa shape index (κ2) is 4.10. The molecule has 0 amide bonds. The van der Waals surface area contributed by atoms with Crippen LogP contribution in [-0.2, 0) is 6.42 Å². The van der Waals surface area contributed by atoms with E-state index in [9.17, 15) is 0 Å². The first kappa shape index (κ1) is 9.05. The SMILES string of the molecule is [CH]=CCc1ccc(C(C)C)cc1. The molecule has 0 N–H and O–H groups in total. The van der Waals surface area contributed by atoms with Crippen LogP contribution in [0.2, 0.25) is 0 Å². The normalized spacial score (nSPS) is 10.2. The van der Waals surface area contributed by atoms with E-state index in [0.717, 1.165) is 6.42 Å². The highest BCUT2D eigenvalue weighted by Crippen LogP contribution is 2.14. The maximum absolute atomic E-state index is 5.33. The van der Waals surface area contributed by atoms with Crippen LogP contribution < -0.4 is 0 Å². The first-order chi connectivity index (χ1) is 5.74. The quantitative estimate of drug-likeness (QED) is 0.634. The van der Waals surface area contributed by atoms with Crippen LogP contribution >= 0.6 is 0 Å². The molecule has 0 nitrogen and oxygen atoms in total. The molecule has 0 aromatic heterocycles. The Morgan fingerprint density at radius 3 is 2.25 bits per heavy atom. The zero-order valence-corrected chi connectivity index (χ0v) is 7.75. The molecule has 1 rings (SSSR count). The molecule has 0 aliphatic heterocycles. The topological polar surface area (TPSA) is 0 Å². The fourth-order valence-corrected chi connectivity index (χ4v) is 1.17. The van der Waals surface area contributed by atoms with Crippen molar-refractivity contribution < 1.29 is 0 Å². The van der Waals surface area contributed by atoms with E-state index in [1.807, 2.05) is 0 Å². The number of hydrogen-bond donors (Lipinski definition) is 0. The molecule has 0 heteroatoms. The zero-order valence-electron chi connectivity index (χ0n) is 7.75. The van der Waals surface area contributed by atoms with Gasteiger partial charge in [0.15, 0.2) is 0 Å². The molecule has 0 heterocycles. The third-order valence-corrected chi connectivity index (χ3v) is 2.00. The minimum atomic E-state index is 0.612. The molecule has 1 aromatic carbocycles. The largest absolute Gasteiger partial charge is 0.0801 e. The van der Waals surface area contributed by atoms with Crippen LogP contribution in [0.25, 0.3) is 0 Å². The van der Waals surface area contributed by atoms with Crippen molar-refractivity contribution in [2.75, 3.05) is 0 Å². The molecule has 0 saturated carbocycles. The van der Waals surface area contributed by atoms with Crippen molar-refractivity contribution in [1.29, 1.82) is 0 Å². The van der Waals surface area contributed by atoms with Crippen LogP contribution in [0.1, 0.15) is 30.9 Å². The van der Waals surface area contributed by atoms with Crippen molar-refractivity contribution in [3.63, 3.8) is 0 Å². The molecular weight excluding hydrogens is 144 g/mol. The van der Waals surface area contributed by atoms with E-state index in [1.54, 1.807) is 6.08 Å². The van der Waals surface area contributed by atoms with E-state index in [4.69, 9.17) is 6.58 Å². The van der Waals surface area contributed by atoms with Gasteiger partial charge in [0.1, 0.15) is 0 Å². The first-order valence-electron chi connectivity index (χ1n) is 4.36. The highest BCUT2D eigenvalue weighted by Gasteiger charge is 1.97. The van der Waals surface area contributed by atoms with Gasteiger partial charge in [0.2, 0.25) is 0 Å². The maximum atomic E-state index is 5.33. The Morgan fingerprint density at radius 1 is 1.25 bits per heavy atom. The Morgan fingerprint density at radius 2 is 1.83 bits per heavy atom. The van der Waals surface area contributed by atoms with Gasteiger partial charge in [-0.1, -0.05) is 50.8 Å². The Balaban J connectivity index is 2.78. The number of benzene rings is 1. The van der Waals surface area contributed by atoms with Crippen molar-refractivity contribution in [1.82, 2.24) is 0 Å². The van der Waals surface area contributed by atoms with E-state index in [2.05, 4.69) is 38.1 Å². The lowest BCUT2D eigenvalue weighted by Crippen LogP contribution is -1.87. The minimum Gasteiger partial charge on any atom is -0.0801 e. The van der Waals surface area contributed by atoms with Crippen LogP contribution in [0.5, 0.6) is 0 Å². The molecule has 0 atom stereocenters. The standard InChI is InChI=1S/C12H15/c1-4-5-11-6-8-12(9-7-11)10(2)3/h1,4,6-10H,5H2,2-3H3. The molecular formula is C12H15. The van der Waals surface area contributed by atoms with E-state index in [0.29, 0.717) is 5.92 Å². The third kappa shape index (κ3) is 2.23. The summed E-state index contributed by atoms with van der Waals surface area (Å²) in [6, 6.07) is 8.62. The smallest absolute Gasteiger partial charge is 0.00943 e. The molecule has 0 aliphatic carbocycles. The fourth-order valence-electron chi connectivity index (χ4n) is 1.17. The van der Waals surface area contributed by atoms with Crippen LogP contribution in [0.3, 0.4) is 0 Å². The van der Waals surface area contributed by atoms with Gasteiger partial charge in [0.05, 0.1) is 0 Å². The highest BCUT2D eigenvalue weighted by atomic mass is 14.0. The van der Waals surface area contributed by atoms with Gasteiger partial charge in [-0.25, -0.2) is 0 Å². The summed E-state index contributed by atoms with van der Waals surface area (Å²) >= 11 is 0. The Labute approximate surface area is 74.9 Å². The maximum Gasteiger partial charge on any atom is -0.00943 e. The predicted octanol–water partition coefficient (Wildman–Crippen LogP) is 3.34. The minimum absolute atomic E-state index is 0.612. The predicted molar refractivity (Wildman–Crippen MR) is 53.1 cm³/mol. The lowest BCUT2D eigenvalue weighted by Gasteiger charge is -2.05. The highest BCUT2D eigenvalue weighted by molar-refractivity contribution is 5.25. The van der Waals surface area contributed by atoms with Gasteiger partial charge in [0.25, 0.3) is 0 Å². The zero-order chi connectivity index (χ0) is 8.97. The number of rotatable bonds is 3. The Kier molecular flexibility index (Phi) is 3.09. The molecule has 0 fully saturated rings. The molecule has 0 aliphatic rings. The molecule has 0 saturated heterocycles. The van der Waals surface area contributed by atoms with Gasteiger partial charge >= 0.3 is 0 Å². The summed E-state index contributed by atoms with van der Waals surface area (Å²) in [4.78, 5) is 0. The van der Waals surface area contributed by atoms with Crippen LogP contribution in [0, 0.1) is 6.58 Å². The summed E-state index contributed by atoms with van der Waals surface area (Å²) in [5.41, 5.74) is 2.66. The second-order valence-corrected chi connectivity index (χ2v) is 3.34. The molecule has 63 valence electrons. The van der Waals surface area contributed by atoms with E-state index < -0.39 is 0 Å². The van der Waals surface area contributed by atoms with E-state index in [-0.39, 0.29) is 0 Å². The molecule has 0 bridgehead atoms. The first-order valence-corrected chi connectivity index (χ1v) is 4.36. The third-order valence-electron chi connectivity index (χ3n) is 2.00. The van der Waals surface area contributed by atoms with Gasteiger partial charge < -0.3 is 0 Å². The van der Waals surface area contributed by atoms with Gasteiger partial charge in [-0.3, -0.25) is 0 Å².